The quantitative estimate of drug-likeness (QED) is 0.734. The zero-order valence-electron chi connectivity index (χ0n) is 8.52. The Morgan fingerprint density at radius 2 is 1.87 bits per heavy atom. The molecule has 3 heteroatoms. The van der Waals surface area contributed by atoms with Gasteiger partial charge < -0.3 is 0 Å². The Morgan fingerprint density at radius 1 is 1.27 bits per heavy atom. The molecule has 0 bridgehead atoms. The van der Waals surface area contributed by atoms with Gasteiger partial charge in [0.1, 0.15) is 0 Å². The first-order chi connectivity index (χ1) is 7.12. The van der Waals surface area contributed by atoms with E-state index in [1.807, 2.05) is 6.07 Å². The molecule has 1 aromatic rings. The maximum Gasteiger partial charge on any atom is 0.184 e. The van der Waals surface area contributed by atoms with Gasteiger partial charge in [-0.1, -0.05) is 24.3 Å². The molecule has 0 heterocycles. The van der Waals surface area contributed by atoms with E-state index in [1.165, 1.54) is 0 Å². The number of benzene rings is 1. The van der Waals surface area contributed by atoms with Crippen LogP contribution in [0.2, 0.25) is 0 Å². The highest BCUT2D eigenvalue weighted by Crippen LogP contribution is 2.49. The molecule has 0 radical (unpaired) electrons. The van der Waals surface area contributed by atoms with E-state index in [-0.39, 0.29) is 0 Å². The van der Waals surface area contributed by atoms with Crippen LogP contribution >= 0.6 is 0 Å². The Labute approximate surface area is 90.6 Å². The van der Waals surface area contributed by atoms with Gasteiger partial charge in [-0.2, -0.15) is 0 Å². The van der Waals surface area contributed by atoms with Gasteiger partial charge in [0, 0.05) is 0 Å². The standard InChI is InChI=1S/C12H14O2S/c1-2-8-12(9-10-12)15(13,14)11-6-4-3-5-7-11/h2-7H,1,8-10H2. The normalized spacial score (nSPS) is 18.4. The summed E-state index contributed by atoms with van der Waals surface area (Å²) in [7, 11) is -3.16. The van der Waals surface area contributed by atoms with Crippen LogP contribution in [-0.4, -0.2) is 13.2 Å². The highest BCUT2D eigenvalue weighted by molar-refractivity contribution is 7.93. The second kappa shape index (κ2) is 3.49. The zero-order valence-corrected chi connectivity index (χ0v) is 9.33. The van der Waals surface area contributed by atoms with Gasteiger partial charge in [-0.05, 0) is 31.4 Å². The van der Waals surface area contributed by atoms with Crippen LogP contribution in [0.3, 0.4) is 0 Å². The van der Waals surface area contributed by atoms with Crippen LogP contribution in [0.5, 0.6) is 0 Å². The number of allylic oxidation sites excluding steroid dienone is 1. The van der Waals surface area contributed by atoms with Gasteiger partial charge in [-0.15, -0.1) is 6.58 Å². The highest BCUT2D eigenvalue weighted by atomic mass is 32.2. The molecule has 0 spiro atoms. The summed E-state index contributed by atoms with van der Waals surface area (Å²) in [4.78, 5) is 0.435. The third-order valence-corrected chi connectivity index (χ3v) is 5.56. The zero-order chi connectivity index (χ0) is 10.9. The van der Waals surface area contributed by atoms with Crippen molar-refractivity contribution in [3.63, 3.8) is 0 Å². The predicted molar refractivity (Wildman–Crippen MR) is 60.4 cm³/mol. The van der Waals surface area contributed by atoms with Crippen molar-refractivity contribution < 1.29 is 8.42 Å². The van der Waals surface area contributed by atoms with Gasteiger partial charge in [-0.25, -0.2) is 8.42 Å². The summed E-state index contributed by atoms with van der Waals surface area (Å²) in [5, 5.41) is 0. The summed E-state index contributed by atoms with van der Waals surface area (Å²) >= 11 is 0. The van der Waals surface area contributed by atoms with Crippen LogP contribution in [0.1, 0.15) is 19.3 Å². The smallest absolute Gasteiger partial charge is 0.184 e. The summed E-state index contributed by atoms with van der Waals surface area (Å²) in [5.41, 5.74) is 0. The second-order valence-corrected chi connectivity index (χ2v) is 6.34. The lowest BCUT2D eigenvalue weighted by Gasteiger charge is -2.13. The molecule has 1 fully saturated rings. The van der Waals surface area contributed by atoms with E-state index >= 15 is 0 Å². The van der Waals surface area contributed by atoms with E-state index in [9.17, 15) is 8.42 Å². The number of sulfone groups is 1. The number of hydrogen-bond acceptors (Lipinski definition) is 2. The molecule has 2 nitrogen and oxygen atoms in total. The van der Waals surface area contributed by atoms with Crippen LogP contribution in [0, 0.1) is 0 Å². The minimum atomic E-state index is -3.16. The Kier molecular flexibility index (Phi) is 2.43. The van der Waals surface area contributed by atoms with Gasteiger partial charge in [0.2, 0.25) is 0 Å². The van der Waals surface area contributed by atoms with Crippen molar-refractivity contribution in [3.8, 4) is 0 Å². The average molecular weight is 222 g/mol. The molecule has 1 aliphatic rings. The van der Waals surface area contributed by atoms with E-state index in [4.69, 9.17) is 0 Å². The monoisotopic (exact) mass is 222 g/mol. The summed E-state index contributed by atoms with van der Waals surface area (Å²) < 4.78 is 24.0. The van der Waals surface area contributed by atoms with Crippen LogP contribution in [0.4, 0.5) is 0 Å². The largest absolute Gasteiger partial charge is 0.223 e. The molecular weight excluding hydrogens is 208 g/mol. The lowest BCUT2D eigenvalue weighted by molar-refractivity contribution is 0.576. The highest BCUT2D eigenvalue weighted by Gasteiger charge is 2.53. The first kappa shape index (κ1) is 10.4. The van der Waals surface area contributed by atoms with Gasteiger partial charge >= 0.3 is 0 Å². The molecule has 0 saturated heterocycles. The molecule has 0 aliphatic heterocycles. The predicted octanol–water partition coefficient (Wildman–Crippen LogP) is 2.57. The maximum absolute atomic E-state index is 12.3. The first-order valence-corrected chi connectivity index (χ1v) is 6.51. The lowest BCUT2D eigenvalue weighted by atomic mass is 10.3. The molecule has 0 N–H and O–H groups in total. The van der Waals surface area contributed by atoms with E-state index in [1.54, 1.807) is 30.3 Å². The van der Waals surface area contributed by atoms with Crippen molar-refractivity contribution in [2.45, 2.75) is 28.9 Å². The fraction of sp³-hybridized carbons (Fsp3) is 0.333. The van der Waals surface area contributed by atoms with Crippen molar-refractivity contribution in [3.05, 3.63) is 43.0 Å². The molecule has 0 aromatic heterocycles. The van der Waals surface area contributed by atoms with Crippen LogP contribution in [-0.2, 0) is 9.84 Å². The molecule has 1 saturated carbocycles. The molecule has 15 heavy (non-hydrogen) atoms. The summed E-state index contributed by atoms with van der Waals surface area (Å²) in [6, 6.07) is 8.68. The second-order valence-electron chi connectivity index (χ2n) is 3.99. The molecule has 2 rings (SSSR count). The average Bonchev–Trinajstić information content (AvgIpc) is 3.01. The topological polar surface area (TPSA) is 34.1 Å². The number of hydrogen-bond donors (Lipinski definition) is 0. The van der Waals surface area contributed by atoms with E-state index < -0.39 is 14.6 Å². The molecule has 0 atom stereocenters. The van der Waals surface area contributed by atoms with Crippen LogP contribution in [0.15, 0.2) is 47.9 Å². The molecule has 1 aliphatic carbocycles. The van der Waals surface area contributed by atoms with Gasteiger partial charge in [0.05, 0.1) is 9.64 Å². The summed E-state index contributed by atoms with van der Waals surface area (Å²) in [5.74, 6) is 0. The van der Waals surface area contributed by atoms with Crippen molar-refractivity contribution in [1.29, 1.82) is 0 Å². The van der Waals surface area contributed by atoms with Gasteiger partial charge in [0.15, 0.2) is 9.84 Å². The third kappa shape index (κ3) is 1.61. The van der Waals surface area contributed by atoms with Crippen molar-refractivity contribution in [1.82, 2.24) is 0 Å². The Balaban J connectivity index is 2.41. The summed E-state index contributed by atoms with van der Waals surface area (Å²) in [6.45, 7) is 3.63. The fourth-order valence-electron chi connectivity index (χ4n) is 1.83. The first-order valence-electron chi connectivity index (χ1n) is 5.03. The van der Waals surface area contributed by atoms with Crippen molar-refractivity contribution in [2.24, 2.45) is 0 Å². The van der Waals surface area contributed by atoms with Gasteiger partial charge in [0.25, 0.3) is 0 Å². The molecule has 1 aromatic carbocycles. The molecule has 0 unspecified atom stereocenters. The van der Waals surface area contributed by atoms with Crippen LogP contribution in [0.25, 0.3) is 0 Å². The van der Waals surface area contributed by atoms with E-state index in [0.717, 1.165) is 12.8 Å². The third-order valence-electron chi connectivity index (χ3n) is 2.95. The Morgan fingerprint density at radius 3 is 2.33 bits per heavy atom. The maximum atomic E-state index is 12.3. The van der Waals surface area contributed by atoms with Crippen LogP contribution < -0.4 is 0 Å². The van der Waals surface area contributed by atoms with Crippen molar-refractivity contribution in [2.75, 3.05) is 0 Å². The lowest BCUT2D eigenvalue weighted by Crippen LogP contribution is -2.22. The van der Waals surface area contributed by atoms with Crippen molar-refractivity contribution >= 4 is 9.84 Å². The Bertz CT molecular complexity index is 456. The SMILES string of the molecule is C=CCC1(S(=O)(=O)c2ccccc2)CC1. The summed E-state index contributed by atoms with van der Waals surface area (Å²) in [6.07, 6.45) is 3.78. The fourth-order valence-corrected chi connectivity index (χ4v) is 3.83. The van der Waals surface area contributed by atoms with Gasteiger partial charge in [-0.3, -0.25) is 0 Å². The minimum absolute atomic E-state index is 0.435. The number of rotatable bonds is 4. The molecular formula is C12H14O2S. The van der Waals surface area contributed by atoms with E-state index in [0.29, 0.717) is 11.3 Å². The van der Waals surface area contributed by atoms with E-state index in [2.05, 4.69) is 6.58 Å². The molecule has 0 amide bonds. The minimum Gasteiger partial charge on any atom is -0.223 e. The Hall–Kier alpha value is -1.09. The molecule has 80 valence electrons.